The molecule has 0 saturated carbocycles. The van der Waals surface area contributed by atoms with E-state index in [-0.39, 0.29) is 55.9 Å². The molecule has 0 aliphatic rings. The van der Waals surface area contributed by atoms with Gasteiger partial charge in [-0.25, -0.2) is 19.2 Å². The van der Waals surface area contributed by atoms with E-state index in [0.29, 0.717) is 0 Å². The van der Waals surface area contributed by atoms with Crippen LogP contribution >= 0.6 is 0 Å². The van der Waals surface area contributed by atoms with Crippen LogP contribution in [0.2, 0.25) is 0 Å². The second-order valence-electron chi connectivity index (χ2n) is 5.06. The fourth-order valence-electron chi connectivity index (χ4n) is 2.00. The third-order valence-electron chi connectivity index (χ3n) is 3.25. The van der Waals surface area contributed by atoms with Gasteiger partial charge in [-0.15, -0.1) is 0 Å². The van der Waals surface area contributed by atoms with E-state index in [1.165, 1.54) is 48.5 Å². The van der Waals surface area contributed by atoms with E-state index >= 15 is 0 Å². The molecule has 0 spiro atoms. The third-order valence-corrected chi connectivity index (χ3v) is 3.25. The minimum Gasteiger partial charge on any atom is -0.478 e. The predicted molar refractivity (Wildman–Crippen MR) is 86.6 cm³/mol. The fraction of sp³-hybridized carbons (Fsp3) is 0.111. The Morgan fingerprint density at radius 2 is 0.893 bits per heavy atom. The van der Waals surface area contributed by atoms with Gasteiger partial charge in [0.1, 0.15) is 0 Å². The molecular weight excluding hydrogens is 560 g/mol. The molecule has 0 radical (unpaired) electrons. The van der Waals surface area contributed by atoms with Gasteiger partial charge in [0.05, 0.1) is 11.1 Å². The number of rotatable bonds is 7. The van der Waals surface area contributed by atoms with Crippen LogP contribution in [0.3, 0.4) is 0 Å². The van der Waals surface area contributed by atoms with Crippen LogP contribution in [0.15, 0.2) is 60.7 Å². The Morgan fingerprint density at radius 1 is 0.607 bits per heavy atom. The second kappa shape index (κ2) is 12.3. The first kappa shape index (κ1) is 25.8. The minimum absolute atomic E-state index is 0. The maximum absolute atomic E-state index is 12.0. The van der Waals surface area contributed by atoms with Crippen molar-refractivity contribution >= 4 is 23.9 Å². The van der Waals surface area contributed by atoms with Crippen LogP contribution in [0, 0.1) is 0 Å². The number of carbonyl (C=O) groups excluding carboxylic acids is 2. The third kappa shape index (κ3) is 7.08. The number of aliphatic carboxylic acids is 2. The maximum atomic E-state index is 12.0. The summed E-state index contributed by atoms with van der Waals surface area (Å²) in [6.07, 6.45) is -4.43. The van der Waals surface area contributed by atoms with Crippen molar-refractivity contribution < 1.29 is 83.6 Å². The van der Waals surface area contributed by atoms with E-state index < -0.39 is 36.1 Å². The van der Waals surface area contributed by atoms with Crippen LogP contribution in [-0.4, -0.2) is 46.3 Å². The molecule has 0 aromatic heterocycles. The SMILES string of the molecule is O=C(OC(C(=O)O)C(OC(=O)c1ccccc1)C(=O)O)c1ccccc1.[Ag+].[Ag+]. The zero-order valence-corrected chi connectivity index (χ0v) is 16.8. The molecule has 2 atom stereocenters. The van der Waals surface area contributed by atoms with Crippen LogP contribution in [0.5, 0.6) is 0 Å². The molecule has 0 saturated heterocycles. The molecule has 2 rings (SSSR count). The first-order chi connectivity index (χ1) is 12.4. The first-order valence-corrected chi connectivity index (χ1v) is 7.38. The molecule has 8 nitrogen and oxygen atoms in total. The summed E-state index contributed by atoms with van der Waals surface area (Å²) in [5, 5.41) is 18.5. The number of benzene rings is 2. The van der Waals surface area contributed by atoms with Crippen LogP contribution in [0.4, 0.5) is 0 Å². The van der Waals surface area contributed by atoms with Gasteiger partial charge in [0.15, 0.2) is 0 Å². The van der Waals surface area contributed by atoms with Crippen molar-refractivity contribution in [3.8, 4) is 0 Å². The van der Waals surface area contributed by atoms with Gasteiger partial charge in [-0.2, -0.15) is 0 Å². The van der Waals surface area contributed by atoms with Crippen molar-refractivity contribution in [2.75, 3.05) is 0 Å². The monoisotopic (exact) mass is 572 g/mol. The molecule has 0 heterocycles. The quantitative estimate of drug-likeness (QED) is 0.378. The summed E-state index contributed by atoms with van der Waals surface area (Å²) in [5.74, 6) is -5.63. The number of carboxylic acid groups (broad SMARTS) is 2. The largest absolute Gasteiger partial charge is 1.00 e. The maximum Gasteiger partial charge on any atom is 1.00 e. The number of esters is 2. The number of hydrogen-bond acceptors (Lipinski definition) is 6. The summed E-state index contributed by atoms with van der Waals surface area (Å²) in [5.41, 5.74) is 0.0505. The van der Waals surface area contributed by atoms with Crippen molar-refractivity contribution in [1.29, 1.82) is 0 Å². The molecule has 28 heavy (non-hydrogen) atoms. The Bertz CT molecular complexity index is 741. The van der Waals surface area contributed by atoms with Crippen molar-refractivity contribution in [2.24, 2.45) is 0 Å². The normalized spacial score (nSPS) is 11.6. The molecule has 2 unspecified atom stereocenters. The van der Waals surface area contributed by atoms with Crippen molar-refractivity contribution in [3.05, 3.63) is 71.8 Å². The fourth-order valence-corrected chi connectivity index (χ4v) is 2.00. The van der Waals surface area contributed by atoms with Crippen LogP contribution in [0.1, 0.15) is 20.7 Å². The summed E-state index contributed by atoms with van der Waals surface area (Å²) < 4.78 is 9.52. The molecule has 0 aliphatic carbocycles. The summed E-state index contributed by atoms with van der Waals surface area (Å²) in [6, 6.07) is 14.8. The van der Waals surface area contributed by atoms with Gasteiger partial charge in [-0.3, -0.25) is 0 Å². The van der Waals surface area contributed by atoms with Crippen LogP contribution in [0.25, 0.3) is 0 Å². The second-order valence-corrected chi connectivity index (χ2v) is 5.06. The van der Waals surface area contributed by atoms with Gasteiger partial charge < -0.3 is 19.7 Å². The van der Waals surface area contributed by atoms with Gasteiger partial charge in [0.25, 0.3) is 0 Å². The number of carboxylic acids is 2. The molecule has 2 aromatic carbocycles. The van der Waals surface area contributed by atoms with Gasteiger partial charge in [-0.1, -0.05) is 36.4 Å². The number of hydrogen-bond donors (Lipinski definition) is 2. The summed E-state index contributed by atoms with van der Waals surface area (Å²) in [4.78, 5) is 46.8. The van der Waals surface area contributed by atoms with Gasteiger partial charge in [-0.05, 0) is 24.3 Å². The first-order valence-electron chi connectivity index (χ1n) is 7.38. The van der Waals surface area contributed by atoms with Crippen LogP contribution in [-0.2, 0) is 63.8 Å². The molecule has 154 valence electrons. The molecule has 10 heteroatoms. The average molecular weight is 574 g/mol. The predicted octanol–water partition coefficient (Wildman–Crippen LogP) is 1.60. The summed E-state index contributed by atoms with van der Waals surface area (Å²) >= 11 is 0. The van der Waals surface area contributed by atoms with E-state index in [2.05, 4.69) is 0 Å². The Morgan fingerprint density at radius 3 is 1.14 bits per heavy atom. The van der Waals surface area contributed by atoms with E-state index in [1.54, 1.807) is 12.1 Å². The number of carbonyl (C=O) groups is 4. The number of ether oxygens (including phenoxy) is 2. The van der Waals surface area contributed by atoms with E-state index in [9.17, 15) is 29.4 Å². The van der Waals surface area contributed by atoms with E-state index in [4.69, 9.17) is 9.47 Å². The van der Waals surface area contributed by atoms with E-state index in [0.717, 1.165) is 0 Å². The topological polar surface area (TPSA) is 127 Å². The van der Waals surface area contributed by atoms with Crippen LogP contribution < -0.4 is 0 Å². The molecule has 0 fully saturated rings. The van der Waals surface area contributed by atoms with Crippen molar-refractivity contribution in [1.82, 2.24) is 0 Å². The van der Waals surface area contributed by atoms with E-state index in [1.807, 2.05) is 0 Å². The Hall–Kier alpha value is -2.20. The summed E-state index contributed by atoms with van der Waals surface area (Å²) in [6.45, 7) is 0. The molecule has 0 aliphatic heterocycles. The average Bonchev–Trinajstić information content (AvgIpc) is 2.65. The zero-order chi connectivity index (χ0) is 19.1. The smallest absolute Gasteiger partial charge is 0.478 e. The van der Waals surface area contributed by atoms with Gasteiger partial charge in [0.2, 0.25) is 12.2 Å². The Labute approximate surface area is 190 Å². The van der Waals surface area contributed by atoms with Gasteiger partial charge >= 0.3 is 68.6 Å². The Kier molecular flexibility index (Phi) is 11.3. The standard InChI is InChI=1S/C18H14O8.2Ag/c19-15(20)13(25-17(23)11-7-3-1-4-8-11)14(16(21)22)26-18(24)12-9-5-2-6-10-12;;/h1-10,13-14H,(H,19,20)(H,21,22);;/q;2*+1. The van der Waals surface area contributed by atoms with Gasteiger partial charge in [0, 0.05) is 0 Å². The molecule has 0 bridgehead atoms. The Balaban J connectivity index is 0.00000364. The zero-order valence-electron chi connectivity index (χ0n) is 13.9. The molecule has 2 aromatic rings. The minimum atomic E-state index is -2.21. The molecule has 2 N–H and O–H groups in total. The molecule has 0 amide bonds. The van der Waals surface area contributed by atoms with Crippen molar-refractivity contribution in [2.45, 2.75) is 12.2 Å². The summed E-state index contributed by atoms with van der Waals surface area (Å²) in [7, 11) is 0. The molecular formula is C18H14Ag2O8+2. The van der Waals surface area contributed by atoms with Crippen molar-refractivity contribution in [3.63, 3.8) is 0 Å².